The summed E-state index contributed by atoms with van der Waals surface area (Å²) in [5.74, 6) is 0.708. The third-order valence-corrected chi connectivity index (χ3v) is 3.77. The van der Waals surface area contributed by atoms with E-state index in [1.807, 2.05) is 32.0 Å². The quantitative estimate of drug-likeness (QED) is 0.860. The number of benzene rings is 1. The summed E-state index contributed by atoms with van der Waals surface area (Å²) in [6, 6.07) is 7.47. The van der Waals surface area contributed by atoms with Gasteiger partial charge in [-0.15, -0.1) is 0 Å². The van der Waals surface area contributed by atoms with Crippen LogP contribution < -0.4 is 15.6 Å². The molecule has 5 heteroatoms. The lowest BCUT2D eigenvalue weighted by molar-refractivity contribution is -0.121. The van der Waals surface area contributed by atoms with Crippen LogP contribution in [0.5, 0.6) is 5.75 Å². The number of hydrogen-bond acceptors (Lipinski definition) is 3. The maximum atomic E-state index is 12.1. The van der Waals surface area contributed by atoms with Crippen molar-refractivity contribution >= 4 is 16.8 Å². The molecular formula is C17H22N2O3. The van der Waals surface area contributed by atoms with E-state index >= 15 is 0 Å². The zero-order valence-electron chi connectivity index (χ0n) is 13.2. The zero-order chi connectivity index (χ0) is 16.1. The van der Waals surface area contributed by atoms with Gasteiger partial charge in [-0.2, -0.15) is 0 Å². The van der Waals surface area contributed by atoms with E-state index in [-0.39, 0.29) is 17.5 Å². The highest BCUT2D eigenvalue weighted by Crippen LogP contribution is 2.19. The molecule has 2 N–H and O–H groups in total. The van der Waals surface area contributed by atoms with E-state index < -0.39 is 0 Å². The van der Waals surface area contributed by atoms with Crippen molar-refractivity contribution in [3.05, 3.63) is 40.2 Å². The van der Waals surface area contributed by atoms with Gasteiger partial charge in [-0.25, -0.2) is 0 Å². The number of H-pyrrole nitrogens is 1. The third-order valence-electron chi connectivity index (χ3n) is 3.77. The molecule has 0 aliphatic carbocycles. The summed E-state index contributed by atoms with van der Waals surface area (Å²) < 4.78 is 5.19. The van der Waals surface area contributed by atoms with E-state index in [4.69, 9.17) is 4.74 Å². The van der Waals surface area contributed by atoms with E-state index in [9.17, 15) is 9.59 Å². The molecule has 0 radical (unpaired) electrons. The van der Waals surface area contributed by atoms with Gasteiger partial charge in [0.05, 0.1) is 7.11 Å². The monoisotopic (exact) mass is 302 g/mol. The van der Waals surface area contributed by atoms with Crippen molar-refractivity contribution in [2.75, 3.05) is 7.11 Å². The fraction of sp³-hybridized carbons (Fsp3) is 0.412. The number of fused-ring (bicyclic) bond motifs is 1. The number of hydrogen-bond donors (Lipinski definition) is 2. The Labute approximate surface area is 129 Å². The van der Waals surface area contributed by atoms with Gasteiger partial charge in [0, 0.05) is 28.9 Å². The van der Waals surface area contributed by atoms with E-state index in [1.165, 1.54) is 0 Å². The highest BCUT2D eigenvalue weighted by molar-refractivity contribution is 5.81. The molecule has 0 fully saturated rings. The number of amides is 1. The molecule has 22 heavy (non-hydrogen) atoms. The Morgan fingerprint density at radius 1 is 1.36 bits per heavy atom. The molecule has 1 aromatic heterocycles. The highest BCUT2D eigenvalue weighted by atomic mass is 16.5. The van der Waals surface area contributed by atoms with Gasteiger partial charge in [-0.1, -0.05) is 6.92 Å². The van der Waals surface area contributed by atoms with E-state index in [1.54, 1.807) is 13.2 Å². The Balaban J connectivity index is 2.15. The number of pyridine rings is 1. The summed E-state index contributed by atoms with van der Waals surface area (Å²) in [6.07, 6.45) is 1.62. The van der Waals surface area contributed by atoms with Gasteiger partial charge < -0.3 is 15.0 Å². The fourth-order valence-electron chi connectivity index (χ4n) is 2.24. The molecule has 2 rings (SSSR count). The smallest absolute Gasteiger partial charge is 0.251 e. The summed E-state index contributed by atoms with van der Waals surface area (Å²) in [5.41, 5.74) is 1.23. The van der Waals surface area contributed by atoms with Crippen LogP contribution in [0.2, 0.25) is 0 Å². The molecule has 1 amide bonds. The third kappa shape index (κ3) is 3.87. The Kier molecular flexibility index (Phi) is 5.20. The minimum atomic E-state index is -0.144. The summed E-state index contributed by atoms with van der Waals surface area (Å²) >= 11 is 0. The van der Waals surface area contributed by atoms with E-state index in [0.717, 1.165) is 23.1 Å². The Bertz CT molecular complexity index is 721. The molecule has 0 spiro atoms. The maximum absolute atomic E-state index is 12.1. The Morgan fingerprint density at radius 3 is 2.82 bits per heavy atom. The minimum Gasteiger partial charge on any atom is -0.497 e. The second kappa shape index (κ2) is 7.11. The van der Waals surface area contributed by atoms with Gasteiger partial charge in [0.15, 0.2) is 0 Å². The van der Waals surface area contributed by atoms with Crippen LogP contribution in [0.1, 0.15) is 32.3 Å². The largest absolute Gasteiger partial charge is 0.497 e. The number of aromatic nitrogens is 1. The van der Waals surface area contributed by atoms with Crippen molar-refractivity contribution in [1.82, 2.24) is 10.3 Å². The lowest BCUT2D eigenvalue weighted by Crippen LogP contribution is -2.32. The number of nitrogens with one attached hydrogen (secondary N) is 2. The van der Waals surface area contributed by atoms with Gasteiger partial charge in [0.2, 0.25) is 5.91 Å². The van der Waals surface area contributed by atoms with Gasteiger partial charge in [0.1, 0.15) is 5.75 Å². The van der Waals surface area contributed by atoms with Crippen LogP contribution in [0.4, 0.5) is 0 Å². The molecular weight excluding hydrogens is 280 g/mol. The first-order valence-electron chi connectivity index (χ1n) is 7.52. The molecule has 0 aliphatic heterocycles. The second-order valence-corrected chi connectivity index (χ2v) is 5.45. The molecule has 0 bridgehead atoms. The Morgan fingerprint density at radius 2 is 2.14 bits per heavy atom. The number of aromatic amines is 1. The second-order valence-electron chi connectivity index (χ2n) is 5.45. The molecule has 1 heterocycles. The lowest BCUT2D eigenvalue weighted by Gasteiger charge is -2.11. The SMILES string of the molecule is CCC(C)NC(=O)CCc1cc2cc(OC)ccc2[nH]c1=O. The first kappa shape index (κ1) is 16.1. The summed E-state index contributed by atoms with van der Waals surface area (Å²) in [7, 11) is 1.60. The lowest BCUT2D eigenvalue weighted by atomic mass is 10.1. The van der Waals surface area contributed by atoms with Gasteiger partial charge in [0.25, 0.3) is 5.56 Å². The predicted molar refractivity (Wildman–Crippen MR) is 87.3 cm³/mol. The van der Waals surface area contributed by atoms with Crippen molar-refractivity contribution in [3.8, 4) is 5.75 Å². The number of aryl methyl sites for hydroxylation is 1. The summed E-state index contributed by atoms with van der Waals surface area (Å²) in [4.78, 5) is 26.7. The van der Waals surface area contributed by atoms with E-state index in [0.29, 0.717) is 18.4 Å². The normalized spacial score (nSPS) is 12.1. The van der Waals surface area contributed by atoms with Crippen LogP contribution in [0.3, 0.4) is 0 Å². The number of carbonyl (C=O) groups is 1. The van der Waals surface area contributed by atoms with Gasteiger partial charge in [-0.3, -0.25) is 9.59 Å². The van der Waals surface area contributed by atoms with Crippen LogP contribution >= 0.6 is 0 Å². The molecule has 1 unspecified atom stereocenters. The molecule has 0 saturated carbocycles. The van der Waals surface area contributed by atoms with Crippen LogP contribution in [0, 0.1) is 0 Å². The molecule has 0 saturated heterocycles. The molecule has 1 aromatic carbocycles. The van der Waals surface area contributed by atoms with Crippen molar-refractivity contribution in [1.29, 1.82) is 0 Å². The minimum absolute atomic E-state index is 0.0283. The first-order chi connectivity index (χ1) is 10.5. The molecule has 118 valence electrons. The van der Waals surface area contributed by atoms with Crippen LogP contribution in [-0.4, -0.2) is 24.0 Å². The van der Waals surface area contributed by atoms with Gasteiger partial charge in [-0.05, 0) is 44.0 Å². The highest BCUT2D eigenvalue weighted by Gasteiger charge is 2.09. The zero-order valence-corrected chi connectivity index (χ0v) is 13.2. The molecule has 1 atom stereocenters. The van der Waals surface area contributed by atoms with Crippen molar-refractivity contribution in [3.63, 3.8) is 0 Å². The average Bonchev–Trinajstić information content (AvgIpc) is 2.52. The van der Waals surface area contributed by atoms with Crippen molar-refractivity contribution in [2.45, 2.75) is 39.2 Å². The van der Waals surface area contributed by atoms with Crippen LogP contribution in [0.25, 0.3) is 10.9 Å². The Hall–Kier alpha value is -2.30. The van der Waals surface area contributed by atoms with Crippen molar-refractivity contribution in [2.24, 2.45) is 0 Å². The average molecular weight is 302 g/mol. The van der Waals surface area contributed by atoms with E-state index in [2.05, 4.69) is 10.3 Å². The van der Waals surface area contributed by atoms with Crippen LogP contribution in [-0.2, 0) is 11.2 Å². The number of carbonyl (C=O) groups excluding carboxylic acids is 1. The standard InChI is InChI=1S/C17H22N2O3/c1-4-11(2)18-16(20)8-5-12-9-13-10-14(22-3)6-7-15(13)19-17(12)21/h6-7,9-11H,4-5,8H2,1-3H3,(H,18,20)(H,19,21). The molecule has 0 aliphatic rings. The van der Waals surface area contributed by atoms with Gasteiger partial charge >= 0.3 is 0 Å². The first-order valence-corrected chi connectivity index (χ1v) is 7.52. The topological polar surface area (TPSA) is 71.2 Å². The molecule has 5 nitrogen and oxygen atoms in total. The fourth-order valence-corrected chi connectivity index (χ4v) is 2.24. The number of ether oxygens (including phenoxy) is 1. The van der Waals surface area contributed by atoms with Crippen molar-refractivity contribution < 1.29 is 9.53 Å². The van der Waals surface area contributed by atoms with Crippen LogP contribution in [0.15, 0.2) is 29.1 Å². The summed E-state index contributed by atoms with van der Waals surface area (Å²) in [5, 5.41) is 3.80. The molecule has 2 aromatic rings. The summed E-state index contributed by atoms with van der Waals surface area (Å²) in [6.45, 7) is 3.99. The predicted octanol–water partition coefficient (Wildman–Crippen LogP) is 2.38. The maximum Gasteiger partial charge on any atom is 0.251 e. The number of rotatable bonds is 6. The number of methoxy groups -OCH3 is 1.